The zero-order chi connectivity index (χ0) is 15.4. The Kier molecular flexibility index (Phi) is 4.33. The lowest BCUT2D eigenvalue weighted by Gasteiger charge is -2.08. The summed E-state index contributed by atoms with van der Waals surface area (Å²) in [7, 11) is 0. The monoisotopic (exact) mass is 286 g/mol. The van der Waals surface area contributed by atoms with E-state index in [0.717, 1.165) is 11.1 Å². The minimum Gasteiger partial charge on any atom is -0.318 e. The molecule has 4 nitrogen and oxygen atoms in total. The average Bonchev–Trinajstić information content (AvgIpc) is 2.40. The van der Waals surface area contributed by atoms with Crippen molar-refractivity contribution in [2.24, 2.45) is 0 Å². The molecule has 2 amide bonds. The quantitative estimate of drug-likeness (QED) is 0.834. The highest BCUT2D eigenvalue weighted by atomic mass is 19.1. The van der Waals surface area contributed by atoms with E-state index in [0.29, 0.717) is 5.69 Å². The molecule has 0 fully saturated rings. The standard InChI is InChI=1S/C16H15FN2O2/c1-10-7-11(2)9-12(8-10)18-15(20)16(21)19-14-6-4-3-5-13(14)17/h3-9H,1-2H3,(H,18,20)(H,19,21). The summed E-state index contributed by atoms with van der Waals surface area (Å²) < 4.78 is 13.4. The van der Waals surface area contributed by atoms with Crippen LogP contribution in [0.5, 0.6) is 0 Å². The summed E-state index contributed by atoms with van der Waals surface area (Å²) in [6.45, 7) is 3.78. The average molecular weight is 286 g/mol. The van der Waals surface area contributed by atoms with Crippen LogP contribution in [-0.2, 0) is 9.59 Å². The van der Waals surface area contributed by atoms with Crippen molar-refractivity contribution in [2.45, 2.75) is 13.8 Å². The summed E-state index contributed by atoms with van der Waals surface area (Å²) in [6, 6.07) is 11.1. The lowest BCUT2D eigenvalue weighted by atomic mass is 10.1. The molecule has 0 aliphatic carbocycles. The fraction of sp³-hybridized carbons (Fsp3) is 0.125. The van der Waals surface area contributed by atoms with Crippen LogP contribution in [0.2, 0.25) is 0 Å². The van der Waals surface area contributed by atoms with Crippen LogP contribution in [-0.4, -0.2) is 11.8 Å². The molecule has 0 heterocycles. The Morgan fingerprint density at radius 3 is 2.10 bits per heavy atom. The topological polar surface area (TPSA) is 58.2 Å². The first kappa shape index (κ1) is 14.7. The Labute approximate surface area is 122 Å². The number of anilines is 2. The van der Waals surface area contributed by atoms with Crippen LogP contribution >= 0.6 is 0 Å². The van der Waals surface area contributed by atoms with Crippen LogP contribution in [0.3, 0.4) is 0 Å². The molecule has 2 aromatic rings. The van der Waals surface area contributed by atoms with E-state index in [9.17, 15) is 14.0 Å². The Morgan fingerprint density at radius 1 is 0.905 bits per heavy atom. The third kappa shape index (κ3) is 3.89. The maximum Gasteiger partial charge on any atom is 0.314 e. The van der Waals surface area contributed by atoms with Gasteiger partial charge in [-0.3, -0.25) is 9.59 Å². The van der Waals surface area contributed by atoms with Crippen LogP contribution in [0.25, 0.3) is 0 Å². The van der Waals surface area contributed by atoms with Gasteiger partial charge >= 0.3 is 11.8 Å². The first-order valence-corrected chi connectivity index (χ1v) is 6.41. The second kappa shape index (κ2) is 6.17. The number of rotatable bonds is 2. The fourth-order valence-electron chi connectivity index (χ4n) is 1.98. The van der Waals surface area contributed by atoms with Crippen LogP contribution in [0, 0.1) is 19.7 Å². The Balaban J connectivity index is 2.06. The van der Waals surface area contributed by atoms with E-state index in [2.05, 4.69) is 10.6 Å². The molecule has 0 spiro atoms. The van der Waals surface area contributed by atoms with Gasteiger partial charge in [0.1, 0.15) is 5.82 Å². The van der Waals surface area contributed by atoms with E-state index in [1.54, 1.807) is 18.2 Å². The lowest BCUT2D eigenvalue weighted by Crippen LogP contribution is -2.29. The van der Waals surface area contributed by atoms with Crippen molar-refractivity contribution < 1.29 is 14.0 Å². The summed E-state index contributed by atoms with van der Waals surface area (Å²) in [5, 5.41) is 4.72. The molecule has 0 aliphatic heterocycles. The number of para-hydroxylation sites is 1. The lowest BCUT2D eigenvalue weighted by molar-refractivity contribution is -0.133. The summed E-state index contributed by atoms with van der Waals surface area (Å²) in [5.41, 5.74) is 2.44. The first-order valence-electron chi connectivity index (χ1n) is 6.41. The molecule has 0 unspecified atom stereocenters. The summed E-state index contributed by atoms with van der Waals surface area (Å²) in [4.78, 5) is 23.6. The van der Waals surface area contributed by atoms with Gasteiger partial charge in [0.25, 0.3) is 0 Å². The molecule has 0 aromatic heterocycles. The number of benzene rings is 2. The fourth-order valence-corrected chi connectivity index (χ4v) is 1.98. The van der Waals surface area contributed by atoms with E-state index in [4.69, 9.17) is 0 Å². The molecular formula is C16H15FN2O2. The SMILES string of the molecule is Cc1cc(C)cc(NC(=O)C(=O)Nc2ccccc2F)c1. The van der Waals surface area contributed by atoms with Gasteiger partial charge in [-0.05, 0) is 49.2 Å². The molecule has 0 atom stereocenters. The zero-order valence-corrected chi connectivity index (χ0v) is 11.7. The Hall–Kier alpha value is -2.69. The van der Waals surface area contributed by atoms with Crippen molar-refractivity contribution in [3.8, 4) is 0 Å². The number of aryl methyl sites for hydroxylation is 2. The molecular weight excluding hydrogens is 271 g/mol. The number of halogens is 1. The van der Waals surface area contributed by atoms with Crippen LogP contribution in [0.15, 0.2) is 42.5 Å². The van der Waals surface area contributed by atoms with Crippen LogP contribution in [0.1, 0.15) is 11.1 Å². The van der Waals surface area contributed by atoms with Gasteiger partial charge < -0.3 is 10.6 Å². The summed E-state index contributed by atoms with van der Waals surface area (Å²) in [6.07, 6.45) is 0. The highest BCUT2D eigenvalue weighted by Gasteiger charge is 2.15. The van der Waals surface area contributed by atoms with E-state index in [1.165, 1.54) is 18.2 Å². The molecule has 2 aromatic carbocycles. The van der Waals surface area contributed by atoms with Crippen molar-refractivity contribution in [3.05, 3.63) is 59.4 Å². The Bertz CT molecular complexity index is 678. The van der Waals surface area contributed by atoms with Crippen molar-refractivity contribution in [1.29, 1.82) is 0 Å². The van der Waals surface area contributed by atoms with Gasteiger partial charge in [-0.15, -0.1) is 0 Å². The Morgan fingerprint density at radius 2 is 1.48 bits per heavy atom. The summed E-state index contributed by atoms with van der Waals surface area (Å²) >= 11 is 0. The number of hydrogen-bond donors (Lipinski definition) is 2. The number of carbonyl (C=O) groups excluding carboxylic acids is 2. The molecule has 0 aliphatic rings. The van der Waals surface area contributed by atoms with Crippen molar-refractivity contribution in [1.82, 2.24) is 0 Å². The van der Waals surface area contributed by atoms with Crippen molar-refractivity contribution >= 4 is 23.2 Å². The molecule has 5 heteroatoms. The number of hydrogen-bond acceptors (Lipinski definition) is 2. The van der Waals surface area contributed by atoms with Gasteiger partial charge in [0, 0.05) is 5.69 Å². The van der Waals surface area contributed by atoms with Crippen molar-refractivity contribution in [3.63, 3.8) is 0 Å². The molecule has 0 radical (unpaired) electrons. The molecule has 0 saturated heterocycles. The third-order valence-electron chi connectivity index (χ3n) is 2.81. The molecule has 21 heavy (non-hydrogen) atoms. The third-order valence-corrected chi connectivity index (χ3v) is 2.81. The first-order chi connectivity index (χ1) is 9.95. The van der Waals surface area contributed by atoms with E-state index >= 15 is 0 Å². The van der Waals surface area contributed by atoms with Crippen LogP contribution < -0.4 is 10.6 Å². The smallest absolute Gasteiger partial charge is 0.314 e. The van der Waals surface area contributed by atoms with Crippen LogP contribution in [0.4, 0.5) is 15.8 Å². The molecule has 0 saturated carbocycles. The predicted molar refractivity (Wildman–Crippen MR) is 79.6 cm³/mol. The molecule has 108 valence electrons. The highest BCUT2D eigenvalue weighted by molar-refractivity contribution is 6.43. The van der Waals surface area contributed by atoms with Gasteiger partial charge in [0.2, 0.25) is 0 Å². The van der Waals surface area contributed by atoms with Gasteiger partial charge in [-0.1, -0.05) is 18.2 Å². The van der Waals surface area contributed by atoms with Crippen molar-refractivity contribution in [2.75, 3.05) is 10.6 Å². The summed E-state index contributed by atoms with van der Waals surface area (Å²) in [5.74, 6) is -2.35. The maximum atomic E-state index is 13.4. The van der Waals surface area contributed by atoms with E-state index in [1.807, 2.05) is 19.9 Å². The number of amides is 2. The van der Waals surface area contributed by atoms with Gasteiger partial charge in [0.15, 0.2) is 0 Å². The normalized spacial score (nSPS) is 10.0. The van der Waals surface area contributed by atoms with E-state index < -0.39 is 17.6 Å². The van der Waals surface area contributed by atoms with Gasteiger partial charge in [-0.25, -0.2) is 4.39 Å². The highest BCUT2D eigenvalue weighted by Crippen LogP contribution is 2.15. The van der Waals surface area contributed by atoms with E-state index in [-0.39, 0.29) is 5.69 Å². The molecule has 0 bridgehead atoms. The van der Waals surface area contributed by atoms with Gasteiger partial charge in [0.05, 0.1) is 5.69 Å². The molecule has 2 rings (SSSR count). The second-order valence-corrected chi connectivity index (χ2v) is 4.76. The maximum absolute atomic E-state index is 13.4. The number of carbonyl (C=O) groups is 2. The number of nitrogens with one attached hydrogen (secondary N) is 2. The largest absolute Gasteiger partial charge is 0.318 e. The zero-order valence-electron chi connectivity index (χ0n) is 11.7. The second-order valence-electron chi connectivity index (χ2n) is 4.76. The minimum absolute atomic E-state index is 0.0296. The minimum atomic E-state index is -0.917. The predicted octanol–water partition coefficient (Wildman–Crippen LogP) is 3.02. The molecule has 2 N–H and O–H groups in total. The van der Waals surface area contributed by atoms with Gasteiger partial charge in [-0.2, -0.15) is 0 Å².